The zero-order valence-corrected chi connectivity index (χ0v) is 19.6. The first kappa shape index (κ1) is 25.5. The third-order valence-electron chi connectivity index (χ3n) is 6.39. The number of aliphatic hydroxyl groups excluding tert-OH is 2. The van der Waals surface area contributed by atoms with Crippen molar-refractivity contribution < 1.29 is 10.2 Å². The van der Waals surface area contributed by atoms with Gasteiger partial charge in [-0.3, -0.25) is 5.32 Å². The van der Waals surface area contributed by atoms with E-state index >= 15 is 0 Å². The van der Waals surface area contributed by atoms with Gasteiger partial charge in [-0.1, -0.05) is 68.7 Å². The summed E-state index contributed by atoms with van der Waals surface area (Å²) in [5.41, 5.74) is 1.37. The minimum absolute atomic E-state index is 0.151. The molecule has 3 N–H and O–H groups in total. The quantitative estimate of drug-likeness (QED) is 0.127. The van der Waals surface area contributed by atoms with Gasteiger partial charge in [-0.2, -0.15) is 12.6 Å². The summed E-state index contributed by atoms with van der Waals surface area (Å²) in [4.78, 5) is 0. The van der Waals surface area contributed by atoms with Gasteiger partial charge in [0.1, 0.15) is 6.23 Å². The van der Waals surface area contributed by atoms with E-state index in [-0.39, 0.29) is 17.6 Å². The molecule has 1 aliphatic rings. The highest BCUT2D eigenvalue weighted by atomic mass is 32.1. The van der Waals surface area contributed by atoms with Gasteiger partial charge < -0.3 is 10.2 Å². The summed E-state index contributed by atoms with van der Waals surface area (Å²) in [5, 5.41) is 23.7. The third-order valence-corrected chi connectivity index (χ3v) is 6.82. The van der Waals surface area contributed by atoms with Crippen molar-refractivity contribution >= 4 is 12.6 Å². The fourth-order valence-corrected chi connectivity index (χ4v) is 4.76. The second-order valence-corrected chi connectivity index (χ2v) is 9.57. The summed E-state index contributed by atoms with van der Waals surface area (Å²) >= 11 is 4.76. The van der Waals surface area contributed by atoms with Crippen molar-refractivity contribution in [1.82, 2.24) is 5.32 Å². The molecule has 1 aromatic carbocycles. The monoisotopic (exact) mass is 433 g/mol. The van der Waals surface area contributed by atoms with Crippen molar-refractivity contribution in [2.75, 3.05) is 6.54 Å². The molecule has 0 heterocycles. The van der Waals surface area contributed by atoms with Gasteiger partial charge in [0, 0.05) is 5.25 Å². The standard InChI is InChI=1S/C26H43NO2S/c1-2-20-27-26(29)13-9-4-3-8-12-24-22(16-19-25(24)28)15-18-23(30)17-14-21-10-6-5-7-11-21/h5-7,10-11,15,18,22-30H,2-4,8-9,12-14,16-17,19-20H2,1H3/b18-15+/t22-,23-,24+,25-,26?/m0/s1. The normalized spacial score (nSPS) is 23.8. The lowest BCUT2D eigenvalue weighted by Crippen LogP contribution is -2.29. The second kappa shape index (κ2) is 15.1. The predicted octanol–water partition coefficient (Wildman–Crippen LogP) is 5.52. The van der Waals surface area contributed by atoms with Crippen molar-refractivity contribution in [3.63, 3.8) is 0 Å². The van der Waals surface area contributed by atoms with E-state index in [9.17, 15) is 10.2 Å². The lowest BCUT2D eigenvalue weighted by Gasteiger charge is -2.20. The van der Waals surface area contributed by atoms with Crippen LogP contribution < -0.4 is 5.32 Å². The average molecular weight is 434 g/mol. The number of rotatable bonds is 15. The predicted molar refractivity (Wildman–Crippen MR) is 131 cm³/mol. The lowest BCUT2D eigenvalue weighted by molar-refractivity contribution is 0.116. The summed E-state index contributed by atoms with van der Waals surface area (Å²) < 4.78 is 0. The van der Waals surface area contributed by atoms with E-state index in [1.54, 1.807) is 0 Å². The van der Waals surface area contributed by atoms with E-state index in [0.717, 1.165) is 64.3 Å². The Balaban J connectivity index is 1.63. The zero-order valence-electron chi connectivity index (χ0n) is 18.8. The fourth-order valence-electron chi connectivity index (χ4n) is 4.53. The molecule has 0 aromatic heterocycles. The molecule has 30 heavy (non-hydrogen) atoms. The lowest BCUT2D eigenvalue weighted by atomic mass is 9.88. The van der Waals surface area contributed by atoms with Crippen LogP contribution >= 0.6 is 12.6 Å². The molecule has 1 aliphatic carbocycles. The first-order valence-corrected chi connectivity index (χ1v) is 12.6. The van der Waals surface area contributed by atoms with Crippen LogP contribution in [0.2, 0.25) is 0 Å². The minimum Gasteiger partial charge on any atom is -0.393 e. The first-order chi connectivity index (χ1) is 14.6. The molecular formula is C26H43NO2S. The third kappa shape index (κ3) is 10.00. The fraction of sp³-hybridized carbons (Fsp3) is 0.692. The largest absolute Gasteiger partial charge is 0.393 e. The van der Waals surface area contributed by atoms with Crippen LogP contribution in [0.4, 0.5) is 0 Å². The van der Waals surface area contributed by atoms with E-state index in [0.29, 0.717) is 11.8 Å². The first-order valence-electron chi connectivity index (χ1n) is 12.1. The summed E-state index contributed by atoms with van der Waals surface area (Å²) in [6.45, 7) is 3.00. The maximum absolute atomic E-state index is 10.4. The van der Waals surface area contributed by atoms with Gasteiger partial charge in [0.2, 0.25) is 0 Å². The molecule has 1 fully saturated rings. The van der Waals surface area contributed by atoms with Crippen molar-refractivity contribution in [2.45, 2.75) is 95.1 Å². The molecule has 1 unspecified atom stereocenters. The molecule has 0 amide bonds. The Morgan fingerprint density at radius 2 is 1.87 bits per heavy atom. The van der Waals surface area contributed by atoms with Crippen LogP contribution in [0, 0.1) is 11.8 Å². The minimum atomic E-state index is -0.354. The van der Waals surface area contributed by atoms with E-state index < -0.39 is 0 Å². The molecule has 0 aliphatic heterocycles. The Labute approximate surface area is 189 Å². The van der Waals surface area contributed by atoms with E-state index in [2.05, 4.69) is 54.7 Å². The van der Waals surface area contributed by atoms with Crippen LogP contribution in [-0.2, 0) is 6.42 Å². The summed E-state index contributed by atoms with van der Waals surface area (Å²) in [7, 11) is 0. The Morgan fingerprint density at radius 3 is 2.63 bits per heavy atom. The van der Waals surface area contributed by atoms with Gasteiger partial charge in [-0.05, 0) is 75.3 Å². The van der Waals surface area contributed by atoms with Gasteiger partial charge in [0.05, 0.1) is 6.10 Å². The molecule has 1 saturated carbocycles. The second-order valence-electron chi connectivity index (χ2n) is 8.91. The van der Waals surface area contributed by atoms with Crippen LogP contribution in [0.25, 0.3) is 0 Å². The highest BCUT2D eigenvalue weighted by Gasteiger charge is 2.32. The molecule has 3 nitrogen and oxygen atoms in total. The van der Waals surface area contributed by atoms with Gasteiger partial charge >= 0.3 is 0 Å². The van der Waals surface area contributed by atoms with Crippen molar-refractivity contribution in [3.05, 3.63) is 48.0 Å². The van der Waals surface area contributed by atoms with Gasteiger partial charge in [-0.25, -0.2) is 0 Å². The number of unbranched alkanes of at least 4 members (excludes halogenated alkanes) is 3. The van der Waals surface area contributed by atoms with E-state index in [1.807, 2.05) is 0 Å². The smallest absolute Gasteiger partial charge is 0.104 e. The Bertz CT molecular complexity index is 580. The Kier molecular flexibility index (Phi) is 12.8. The van der Waals surface area contributed by atoms with Crippen LogP contribution in [0.3, 0.4) is 0 Å². The van der Waals surface area contributed by atoms with E-state index in [4.69, 9.17) is 12.6 Å². The number of benzene rings is 1. The van der Waals surface area contributed by atoms with Gasteiger partial charge in [-0.15, -0.1) is 0 Å². The van der Waals surface area contributed by atoms with Crippen molar-refractivity contribution in [3.8, 4) is 0 Å². The van der Waals surface area contributed by atoms with Crippen molar-refractivity contribution in [2.24, 2.45) is 11.8 Å². The number of aryl methyl sites for hydroxylation is 1. The number of nitrogens with one attached hydrogen (secondary N) is 1. The maximum atomic E-state index is 10.4. The molecule has 4 heteroatoms. The highest BCUT2D eigenvalue weighted by Crippen LogP contribution is 2.37. The van der Waals surface area contributed by atoms with Crippen LogP contribution in [-0.4, -0.2) is 34.3 Å². The zero-order chi connectivity index (χ0) is 21.6. The number of allylic oxidation sites excluding steroid dienone is 1. The number of hydrogen-bond donors (Lipinski definition) is 4. The van der Waals surface area contributed by atoms with Crippen molar-refractivity contribution in [1.29, 1.82) is 0 Å². The summed E-state index contributed by atoms with van der Waals surface area (Å²) in [6, 6.07) is 10.6. The summed E-state index contributed by atoms with van der Waals surface area (Å²) in [5.74, 6) is 0.888. The maximum Gasteiger partial charge on any atom is 0.104 e. The highest BCUT2D eigenvalue weighted by molar-refractivity contribution is 7.81. The van der Waals surface area contributed by atoms with E-state index in [1.165, 1.54) is 18.4 Å². The molecular weight excluding hydrogens is 390 g/mol. The molecule has 0 radical (unpaired) electrons. The molecule has 0 spiro atoms. The number of hydrogen-bond acceptors (Lipinski definition) is 4. The number of aliphatic hydroxyl groups is 2. The van der Waals surface area contributed by atoms with Gasteiger partial charge in [0.15, 0.2) is 0 Å². The average Bonchev–Trinajstić information content (AvgIpc) is 3.11. The molecule has 5 atom stereocenters. The SMILES string of the molecule is CCCNC(O)CCCCCC[C@H]1[C@@H](O)CC[C@@H]1/C=C/[C@@H](S)CCc1ccccc1. The van der Waals surface area contributed by atoms with Crippen LogP contribution in [0.1, 0.15) is 76.7 Å². The van der Waals surface area contributed by atoms with Crippen LogP contribution in [0.5, 0.6) is 0 Å². The molecule has 1 aromatic rings. The summed E-state index contributed by atoms with van der Waals surface area (Å²) in [6.07, 6.45) is 15.8. The molecule has 0 bridgehead atoms. The molecule has 2 rings (SSSR count). The molecule has 0 saturated heterocycles. The topological polar surface area (TPSA) is 52.5 Å². The number of thiol groups is 1. The Hall–Kier alpha value is -0.810. The Morgan fingerprint density at radius 1 is 1.10 bits per heavy atom. The molecule has 170 valence electrons. The van der Waals surface area contributed by atoms with Gasteiger partial charge in [0.25, 0.3) is 0 Å². The van der Waals surface area contributed by atoms with Crippen LogP contribution in [0.15, 0.2) is 42.5 Å².